The number of nitrogens with zero attached hydrogens (tertiary/aromatic N) is 1. The van der Waals surface area contributed by atoms with Gasteiger partial charge in [-0.1, -0.05) is 0 Å². The molecule has 0 radical (unpaired) electrons. The highest BCUT2D eigenvalue weighted by Gasteiger charge is 2.39. The van der Waals surface area contributed by atoms with Crippen LogP contribution >= 0.6 is 0 Å². The summed E-state index contributed by atoms with van der Waals surface area (Å²) in [5.74, 6) is 0. The molecule has 2 heterocycles. The van der Waals surface area contributed by atoms with Crippen molar-refractivity contribution in [2.75, 3.05) is 0 Å². The van der Waals surface area contributed by atoms with Crippen LogP contribution in [-0.2, 0) is 4.74 Å². The number of aliphatic hydroxyl groups excluding tert-OH is 1. The van der Waals surface area contributed by atoms with Crippen molar-refractivity contribution >= 4 is 0 Å². The molecule has 100 valence electrons. The predicted octanol–water partition coefficient (Wildman–Crippen LogP) is -0.149. The first-order valence-electron chi connectivity index (χ1n) is 5.70. The van der Waals surface area contributed by atoms with Crippen molar-refractivity contribution in [3.05, 3.63) is 32.6 Å². The van der Waals surface area contributed by atoms with Gasteiger partial charge in [-0.2, -0.15) is 0 Å². The van der Waals surface area contributed by atoms with Crippen LogP contribution in [0.1, 0.15) is 25.1 Å². The van der Waals surface area contributed by atoms with Gasteiger partial charge in [0.25, 0.3) is 5.56 Å². The van der Waals surface area contributed by atoms with Crippen molar-refractivity contribution < 1.29 is 14.2 Å². The maximum absolute atomic E-state index is 13.6. The molecule has 1 aromatic heterocycles. The number of hydrogen-bond donors (Lipinski definition) is 2. The second-order valence-electron chi connectivity index (χ2n) is 4.53. The Kier molecular flexibility index (Phi) is 3.36. The average Bonchev–Trinajstić information content (AvgIpc) is 2.65. The zero-order valence-corrected chi connectivity index (χ0v) is 10.1. The number of aromatic nitrogens is 2. The fourth-order valence-electron chi connectivity index (χ4n) is 2.04. The molecule has 1 aliphatic heterocycles. The van der Waals surface area contributed by atoms with Crippen molar-refractivity contribution in [2.24, 2.45) is 0 Å². The van der Waals surface area contributed by atoms with Crippen LogP contribution in [0, 0.1) is 6.92 Å². The van der Waals surface area contributed by atoms with Gasteiger partial charge in [0.05, 0.1) is 6.10 Å². The van der Waals surface area contributed by atoms with Crippen LogP contribution in [0.25, 0.3) is 0 Å². The summed E-state index contributed by atoms with van der Waals surface area (Å²) in [5.41, 5.74) is -0.777. The maximum Gasteiger partial charge on any atom is 0.330 e. The second-order valence-corrected chi connectivity index (χ2v) is 4.53. The minimum atomic E-state index is -1.34. The quantitative estimate of drug-likeness (QED) is 0.772. The minimum Gasteiger partial charge on any atom is -0.391 e. The smallest absolute Gasteiger partial charge is 0.330 e. The largest absolute Gasteiger partial charge is 0.391 e. The van der Waals surface area contributed by atoms with Gasteiger partial charge in [-0.05, 0) is 13.8 Å². The monoisotopic (exact) mass is 258 g/mol. The Labute approximate surface area is 102 Å². The summed E-state index contributed by atoms with van der Waals surface area (Å²) in [7, 11) is 0. The molecule has 2 rings (SSSR count). The fourth-order valence-corrected chi connectivity index (χ4v) is 2.04. The molecule has 0 aliphatic carbocycles. The van der Waals surface area contributed by atoms with E-state index in [-0.39, 0.29) is 6.42 Å². The van der Waals surface area contributed by atoms with Crippen LogP contribution in [0.15, 0.2) is 15.8 Å². The van der Waals surface area contributed by atoms with E-state index < -0.39 is 35.9 Å². The van der Waals surface area contributed by atoms with E-state index in [1.165, 1.54) is 13.1 Å². The molecule has 1 aliphatic rings. The van der Waals surface area contributed by atoms with E-state index in [0.29, 0.717) is 5.56 Å². The molecule has 0 aromatic carbocycles. The number of aromatic amines is 1. The molecule has 1 aromatic rings. The second kappa shape index (κ2) is 4.66. The van der Waals surface area contributed by atoms with Gasteiger partial charge in [0.2, 0.25) is 0 Å². The Hall–Kier alpha value is -1.47. The van der Waals surface area contributed by atoms with Gasteiger partial charge in [0.1, 0.15) is 18.5 Å². The van der Waals surface area contributed by atoms with Gasteiger partial charge in [0.15, 0.2) is 0 Å². The summed E-state index contributed by atoms with van der Waals surface area (Å²) in [6, 6.07) is 0. The molecule has 4 atom stereocenters. The Morgan fingerprint density at radius 3 is 2.83 bits per heavy atom. The lowest BCUT2D eigenvalue weighted by Crippen LogP contribution is -2.34. The molecule has 0 spiro atoms. The Morgan fingerprint density at radius 2 is 2.28 bits per heavy atom. The van der Waals surface area contributed by atoms with Gasteiger partial charge < -0.3 is 9.84 Å². The first-order chi connectivity index (χ1) is 8.40. The highest BCUT2D eigenvalue weighted by molar-refractivity contribution is 5.02. The molecule has 0 bridgehead atoms. The maximum atomic E-state index is 13.6. The highest BCUT2D eigenvalue weighted by atomic mass is 19.1. The van der Waals surface area contributed by atoms with Gasteiger partial charge in [0, 0.05) is 18.2 Å². The first-order valence-corrected chi connectivity index (χ1v) is 5.70. The number of nitrogens with one attached hydrogen (secondary N) is 1. The van der Waals surface area contributed by atoms with Gasteiger partial charge in [-0.15, -0.1) is 0 Å². The summed E-state index contributed by atoms with van der Waals surface area (Å²) < 4.78 is 20.1. The number of aryl methyl sites for hydroxylation is 1. The van der Waals surface area contributed by atoms with Gasteiger partial charge >= 0.3 is 5.69 Å². The SMILES string of the molecule is Cc1cn([C@H]2C[C@H](F)[C@@H]([C@@H](C)O)O2)c(=O)[nH]c1=O. The third-order valence-corrected chi connectivity index (χ3v) is 3.03. The predicted molar refractivity (Wildman–Crippen MR) is 61.2 cm³/mol. The summed E-state index contributed by atoms with van der Waals surface area (Å²) in [5, 5.41) is 9.35. The summed E-state index contributed by atoms with van der Waals surface area (Å²) in [4.78, 5) is 25.0. The third kappa shape index (κ3) is 2.23. The molecular formula is C11H15FN2O4. The van der Waals surface area contributed by atoms with Crippen LogP contribution < -0.4 is 11.2 Å². The number of alkyl halides is 1. The lowest BCUT2D eigenvalue weighted by Gasteiger charge is -2.17. The fraction of sp³-hybridized carbons (Fsp3) is 0.636. The molecule has 0 amide bonds. The zero-order valence-electron chi connectivity index (χ0n) is 10.1. The number of hydrogen-bond acceptors (Lipinski definition) is 4. The van der Waals surface area contributed by atoms with E-state index in [9.17, 15) is 19.1 Å². The van der Waals surface area contributed by atoms with E-state index in [4.69, 9.17) is 4.74 Å². The van der Waals surface area contributed by atoms with Crippen molar-refractivity contribution in [1.29, 1.82) is 0 Å². The summed E-state index contributed by atoms with van der Waals surface area (Å²) >= 11 is 0. The van der Waals surface area contributed by atoms with Gasteiger partial charge in [-0.25, -0.2) is 9.18 Å². The first kappa shape index (κ1) is 13.0. The molecule has 6 nitrogen and oxygen atoms in total. The lowest BCUT2D eigenvalue weighted by molar-refractivity contribution is -0.0668. The van der Waals surface area contributed by atoms with Gasteiger partial charge in [-0.3, -0.25) is 14.3 Å². The molecule has 1 saturated heterocycles. The zero-order chi connectivity index (χ0) is 13.4. The van der Waals surface area contributed by atoms with Crippen molar-refractivity contribution in [2.45, 2.75) is 44.9 Å². The molecule has 0 unspecified atom stereocenters. The number of ether oxygens (including phenoxy) is 1. The molecule has 2 N–H and O–H groups in total. The lowest BCUT2D eigenvalue weighted by atomic mass is 10.1. The molecule has 18 heavy (non-hydrogen) atoms. The van der Waals surface area contributed by atoms with E-state index in [2.05, 4.69) is 4.98 Å². The highest BCUT2D eigenvalue weighted by Crippen LogP contribution is 2.31. The van der Waals surface area contributed by atoms with E-state index in [0.717, 1.165) is 4.57 Å². The number of aliphatic hydroxyl groups is 1. The minimum absolute atomic E-state index is 0.0268. The number of halogens is 1. The average molecular weight is 258 g/mol. The summed E-state index contributed by atoms with van der Waals surface area (Å²) in [6.07, 6.45) is -2.74. The van der Waals surface area contributed by atoms with Crippen LogP contribution in [0.2, 0.25) is 0 Å². The van der Waals surface area contributed by atoms with Crippen LogP contribution in [0.4, 0.5) is 4.39 Å². The molecule has 7 heteroatoms. The van der Waals surface area contributed by atoms with Crippen molar-refractivity contribution in [3.8, 4) is 0 Å². The number of rotatable bonds is 2. The molecule has 0 saturated carbocycles. The van der Waals surface area contributed by atoms with Crippen LogP contribution in [-0.4, -0.2) is 33.0 Å². The Balaban J connectivity index is 2.32. The van der Waals surface area contributed by atoms with E-state index in [1.54, 1.807) is 6.92 Å². The van der Waals surface area contributed by atoms with Crippen molar-refractivity contribution in [3.63, 3.8) is 0 Å². The van der Waals surface area contributed by atoms with Crippen LogP contribution in [0.3, 0.4) is 0 Å². The Bertz CT molecular complexity index is 551. The van der Waals surface area contributed by atoms with E-state index in [1.807, 2.05) is 0 Å². The number of H-pyrrole nitrogens is 1. The summed E-state index contributed by atoms with van der Waals surface area (Å²) in [6.45, 7) is 2.98. The third-order valence-electron chi connectivity index (χ3n) is 3.03. The standard InChI is InChI=1S/C11H15FN2O4/c1-5-4-14(11(17)13-10(5)16)8-3-7(12)9(18-8)6(2)15/h4,6-9,15H,3H2,1-2H3,(H,13,16,17)/t6-,7+,8-,9-/m1/s1. The van der Waals surface area contributed by atoms with E-state index >= 15 is 0 Å². The Morgan fingerprint density at radius 1 is 1.61 bits per heavy atom. The topological polar surface area (TPSA) is 84.3 Å². The molecular weight excluding hydrogens is 243 g/mol. The molecule has 1 fully saturated rings. The normalized spacial score (nSPS) is 29.4. The van der Waals surface area contributed by atoms with Crippen molar-refractivity contribution in [1.82, 2.24) is 9.55 Å². The van der Waals surface area contributed by atoms with Crippen LogP contribution in [0.5, 0.6) is 0 Å².